The monoisotopic (exact) mass is 238 g/mol. The summed E-state index contributed by atoms with van der Waals surface area (Å²) in [6.45, 7) is 0. The molecule has 0 radical (unpaired) electrons. The van der Waals surface area contributed by atoms with Crippen molar-refractivity contribution in [2.75, 3.05) is 12.8 Å². The second-order valence-electron chi connectivity index (χ2n) is 2.91. The highest BCUT2D eigenvalue weighted by molar-refractivity contribution is 8.01. The smallest absolute Gasteiger partial charge is 0.230 e. The van der Waals surface area contributed by atoms with Gasteiger partial charge in [0, 0.05) is 7.05 Å². The lowest BCUT2D eigenvalue weighted by Gasteiger charge is -1.94. The first-order chi connectivity index (χ1) is 7.29. The molecule has 0 aliphatic carbocycles. The zero-order valence-electron chi connectivity index (χ0n) is 8.19. The van der Waals surface area contributed by atoms with Crippen LogP contribution >= 0.6 is 23.1 Å². The lowest BCUT2D eigenvalue weighted by Crippen LogP contribution is -2.19. The summed E-state index contributed by atoms with van der Waals surface area (Å²) in [4.78, 5) is 15.5. The average Bonchev–Trinajstić information content (AvgIpc) is 2.68. The van der Waals surface area contributed by atoms with Crippen LogP contribution in [0.2, 0.25) is 0 Å². The molecule has 2 aromatic rings. The predicted octanol–water partition coefficient (Wildman–Crippen LogP) is 2.13. The molecule has 2 rings (SSSR count). The van der Waals surface area contributed by atoms with E-state index in [4.69, 9.17) is 0 Å². The normalized spacial score (nSPS) is 10.5. The van der Waals surface area contributed by atoms with Gasteiger partial charge in [-0.2, -0.15) is 0 Å². The Morgan fingerprint density at radius 3 is 3.07 bits per heavy atom. The van der Waals surface area contributed by atoms with E-state index in [-0.39, 0.29) is 5.91 Å². The zero-order valence-corrected chi connectivity index (χ0v) is 9.82. The Morgan fingerprint density at radius 1 is 1.53 bits per heavy atom. The zero-order chi connectivity index (χ0) is 10.7. The molecule has 1 N–H and O–H groups in total. The van der Waals surface area contributed by atoms with Crippen molar-refractivity contribution in [1.29, 1.82) is 0 Å². The second kappa shape index (κ2) is 4.63. The number of fused-ring (bicyclic) bond motifs is 1. The van der Waals surface area contributed by atoms with Gasteiger partial charge in [0.2, 0.25) is 5.91 Å². The molecule has 0 fully saturated rings. The number of thiazole rings is 1. The van der Waals surface area contributed by atoms with E-state index in [2.05, 4.69) is 10.3 Å². The summed E-state index contributed by atoms with van der Waals surface area (Å²) >= 11 is 3.10. The summed E-state index contributed by atoms with van der Waals surface area (Å²) in [6.07, 6.45) is 0. The molecule has 0 saturated heterocycles. The van der Waals surface area contributed by atoms with Crippen molar-refractivity contribution >= 4 is 39.2 Å². The molecule has 5 heteroatoms. The lowest BCUT2D eigenvalue weighted by molar-refractivity contribution is -0.118. The molecule has 0 aliphatic rings. The fourth-order valence-corrected chi connectivity index (χ4v) is 3.05. The summed E-state index contributed by atoms with van der Waals surface area (Å²) in [5, 5.41) is 2.59. The van der Waals surface area contributed by atoms with Crippen LogP contribution in [0.4, 0.5) is 0 Å². The van der Waals surface area contributed by atoms with Crippen molar-refractivity contribution in [3.05, 3.63) is 24.3 Å². The average molecular weight is 238 g/mol. The van der Waals surface area contributed by atoms with Crippen molar-refractivity contribution in [1.82, 2.24) is 10.3 Å². The number of nitrogens with one attached hydrogen (secondary N) is 1. The van der Waals surface area contributed by atoms with Crippen LogP contribution in [0.5, 0.6) is 0 Å². The molecule has 0 saturated carbocycles. The third-order valence-corrected chi connectivity index (χ3v) is 4.06. The Labute approximate surface area is 95.9 Å². The largest absolute Gasteiger partial charge is 0.358 e. The lowest BCUT2D eigenvalue weighted by atomic mass is 10.3. The van der Waals surface area contributed by atoms with Gasteiger partial charge in [-0.25, -0.2) is 4.98 Å². The fraction of sp³-hybridized carbons (Fsp3) is 0.200. The highest BCUT2D eigenvalue weighted by atomic mass is 32.2. The predicted molar refractivity (Wildman–Crippen MR) is 64.4 cm³/mol. The maximum atomic E-state index is 11.0. The van der Waals surface area contributed by atoms with E-state index in [0.29, 0.717) is 5.75 Å². The Bertz CT molecular complexity index is 448. The molecule has 0 unspecified atom stereocenters. The number of hydrogen-bond donors (Lipinski definition) is 1. The Hall–Kier alpha value is -1.07. The van der Waals surface area contributed by atoms with Crippen LogP contribution < -0.4 is 5.32 Å². The number of thioether (sulfide) groups is 1. The number of rotatable bonds is 3. The van der Waals surface area contributed by atoms with Gasteiger partial charge in [0.1, 0.15) is 0 Å². The molecule has 0 spiro atoms. The third kappa shape index (κ3) is 2.49. The van der Waals surface area contributed by atoms with E-state index in [1.54, 1.807) is 18.4 Å². The van der Waals surface area contributed by atoms with Gasteiger partial charge in [-0.3, -0.25) is 4.79 Å². The van der Waals surface area contributed by atoms with Gasteiger partial charge in [0.15, 0.2) is 4.34 Å². The molecule has 0 aliphatic heterocycles. The van der Waals surface area contributed by atoms with E-state index in [1.807, 2.05) is 24.3 Å². The van der Waals surface area contributed by atoms with Crippen LogP contribution in [-0.2, 0) is 4.79 Å². The molecule has 3 nitrogen and oxygen atoms in total. The molecule has 1 aromatic heterocycles. The maximum Gasteiger partial charge on any atom is 0.230 e. The highest BCUT2D eigenvalue weighted by Gasteiger charge is 2.05. The van der Waals surface area contributed by atoms with Crippen LogP contribution in [0.3, 0.4) is 0 Å². The first kappa shape index (κ1) is 10.4. The number of hydrogen-bond acceptors (Lipinski definition) is 4. The summed E-state index contributed by atoms with van der Waals surface area (Å²) in [5.74, 6) is 0.454. The van der Waals surface area contributed by atoms with Gasteiger partial charge in [0.05, 0.1) is 16.0 Å². The first-order valence-electron chi connectivity index (χ1n) is 4.48. The van der Waals surface area contributed by atoms with Gasteiger partial charge >= 0.3 is 0 Å². The fourth-order valence-electron chi connectivity index (χ4n) is 1.11. The minimum atomic E-state index is 0.0271. The second-order valence-corrected chi connectivity index (χ2v) is 5.16. The number of carbonyl (C=O) groups excluding carboxylic acids is 1. The molecular formula is C10H10N2OS2. The molecule has 1 aromatic carbocycles. The number of amides is 1. The van der Waals surface area contributed by atoms with Crippen LogP contribution in [0.15, 0.2) is 28.6 Å². The Morgan fingerprint density at radius 2 is 2.33 bits per heavy atom. The van der Waals surface area contributed by atoms with Gasteiger partial charge in [-0.15, -0.1) is 11.3 Å². The highest BCUT2D eigenvalue weighted by Crippen LogP contribution is 2.28. The third-order valence-electron chi connectivity index (χ3n) is 1.88. The number of benzene rings is 1. The summed E-state index contributed by atoms with van der Waals surface area (Å²) in [6, 6.07) is 7.98. The minimum absolute atomic E-state index is 0.0271. The van der Waals surface area contributed by atoms with E-state index >= 15 is 0 Å². The van der Waals surface area contributed by atoms with Crippen LogP contribution in [0, 0.1) is 0 Å². The molecule has 15 heavy (non-hydrogen) atoms. The Kier molecular flexibility index (Phi) is 3.23. The summed E-state index contributed by atoms with van der Waals surface area (Å²) < 4.78 is 2.11. The summed E-state index contributed by atoms with van der Waals surface area (Å²) in [7, 11) is 1.64. The van der Waals surface area contributed by atoms with Crippen molar-refractivity contribution in [2.24, 2.45) is 0 Å². The Balaban J connectivity index is 2.12. The van der Waals surface area contributed by atoms with Crippen molar-refractivity contribution < 1.29 is 4.79 Å². The van der Waals surface area contributed by atoms with Crippen molar-refractivity contribution in [3.8, 4) is 0 Å². The molecule has 0 bridgehead atoms. The van der Waals surface area contributed by atoms with Gasteiger partial charge in [-0.1, -0.05) is 23.9 Å². The topological polar surface area (TPSA) is 42.0 Å². The van der Waals surface area contributed by atoms with E-state index in [0.717, 1.165) is 14.6 Å². The van der Waals surface area contributed by atoms with Crippen LogP contribution in [0.25, 0.3) is 10.2 Å². The molecule has 1 heterocycles. The van der Waals surface area contributed by atoms with Gasteiger partial charge in [-0.05, 0) is 12.1 Å². The van der Waals surface area contributed by atoms with Crippen LogP contribution in [-0.4, -0.2) is 23.7 Å². The number of carbonyl (C=O) groups is 1. The van der Waals surface area contributed by atoms with Gasteiger partial charge in [0.25, 0.3) is 0 Å². The minimum Gasteiger partial charge on any atom is -0.358 e. The SMILES string of the molecule is CNC(=O)CSc1nc2ccccc2s1. The number of aromatic nitrogens is 1. The molecule has 1 amide bonds. The molecule has 0 atom stereocenters. The molecular weight excluding hydrogens is 228 g/mol. The summed E-state index contributed by atoms with van der Waals surface area (Å²) in [5.41, 5.74) is 1.00. The number of nitrogens with zero attached hydrogens (tertiary/aromatic N) is 1. The van der Waals surface area contributed by atoms with E-state index in [1.165, 1.54) is 11.8 Å². The quantitative estimate of drug-likeness (QED) is 0.833. The van der Waals surface area contributed by atoms with Gasteiger partial charge < -0.3 is 5.32 Å². The van der Waals surface area contributed by atoms with E-state index in [9.17, 15) is 4.79 Å². The van der Waals surface area contributed by atoms with Crippen molar-refractivity contribution in [3.63, 3.8) is 0 Å². The first-order valence-corrected chi connectivity index (χ1v) is 6.29. The van der Waals surface area contributed by atoms with Crippen molar-refractivity contribution in [2.45, 2.75) is 4.34 Å². The maximum absolute atomic E-state index is 11.0. The van der Waals surface area contributed by atoms with E-state index < -0.39 is 0 Å². The van der Waals surface area contributed by atoms with Crippen LogP contribution in [0.1, 0.15) is 0 Å². The molecule has 78 valence electrons. The number of para-hydroxylation sites is 1. The standard InChI is InChI=1S/C10H10N2OS2/c1-11-9(13)6-14-10-12-7-4-2-3-5-8(7)15-10/h2-5H,6H2,1H3,(H,11,13).